The molecule has 0 aliphatic carbocycles. The Labute approximate surface area is 111 Å². The number of aromatic nitrogens is 3. The zero-order valence-electron chi connectivity index (χ0n) is 11.3. The van der Waals surface area contributed by atoms with E-state index in [1.54, 1.807) is 0 Å². The van der Waals surface area contributed by atoms with Crippen LogP contribution in [0.15, 0.2) is 5.16 Å². The minimum Gasteiger partial charge on any atom is -0.481 e. The van der Waals surface area contributed by atoms with Gasteiger partial charge in [-0.2, -0.15) is 0 Å². The number of hydrogen-bond donors (Lipinski definition) is 1. The maximum Gasteiger partial charge on any atom is 0.313 e. The lowest BCUT2D eigenvalue weighted by molar-refractivity contribution is -0.133. The smallest absolute Gasteiger partial charge is 0.313 e. The van der Waals surface area contributed by atoms with Crippen LogP contribution in [0.3, 0.4) is 0 Å². The average Bonchev–Trinajstić information content (AvgIpc) is 2.67. The van der Waals surface area contributed by atoms with E-state index in [-0.39, 0.29) is 5.75 Å². The first-order chi connectivity index (χ1) is 8.47. The summed E-state index contributed by atoms with van der Waals surface area (Å²) in [6, 6.07) is 0.384. The van der Waals surface area contributed by atoms with Crippen molar-refractivity contribution in [2.75, 3.05) is 17.7 Å². The first-order valence-corrected chi connectivity index (χ1v) is 6.92. The predicted molar refractivity (Wildman–Crippen MR) is 72.1 cm³/mol. The van der Waals surface area contributed by atoms with E-state index in [4.69, 9.17) is 5.11 Å². The summed E-state index contributed by atoms with van der Waals surface area (Å²) in [5, 5.41) is 17.4. The second kappa shape index (κ2) is 6.63. The first-order valence-electron chi connectivity index (χ1n) is 5.94. The number of thioether (sulfide) groups is 1. The quantitative estimate of drug-likeness (QED) is 0.760. The molecule has 1 N–H and O–H groups in total. The molecule has 1 heterocycles. The lowest BCUT2D eigenvalue weighted by Crippen LogP contribution is -2.30. The molecule has 0 saturated heterocycles. The molecular weight excluding hydrogens is 252 g/mol. The van der Waals surface area contributed by atoms with Gasteiger partial charge in [-0.25, -0.2) is 0 Å². The number of rotatable bonds is 7. The van der Waals surface area contributed by atoms with E-state index >= 15 is 0 Å². The molecule has 1 unspecified atom stereocenters. The first kappa shape index (κ1) is 14.8. The normalized spacial score (nSPS) is 12.4. The maximum atomic E-state index is 10.5. The fourth-order valence-electron chi connectivity index (χ4n) is 1.67. The Morgan fingerprint density at radius 3 is 2.78 bits per heavy atom. The van der Waals surface area contributed by atoms with Crippen LogP contribution in [-0.4, -0.2) is 44.7 Å². The number of hydrogen-bond acceptors (Lipinski definition) is 5. The van der Waals surface area contributed by atoms with Gasteiger partial charge in [0.05, 0.1) is 5.75 Å². The lowest BCUT2D eigenvalue weighted by atomic mass is 10.2. The van der Waals surface area contributed by atoms with E-state index in [1.165, 1.54) is 11.8 Å². The molecule has 0 fully saturated rings. The molecule has 0 aliphatic heterocycles. The predicted octanol–water partition coefficient (Wildman–Crippen LogP) is 1.62. The highest BCUT2D eigenvalue weighted by Gasteiger charge is 2.17. The molecule has 0 aromatic carbocycles. The van der Waals surface area contributed by atoms with E-state index in [0.29, 0.717) is 11.2 Å². The number of nitrogens with zero attached hydrogens (tertiary/aromatic N) is 4. The second-order valence-electron chi connectivity index (χ2n) is 4.27. The molecule has 1 aromatic rings. The molecule has 1 rings (SSSR count). The SMILES string of the molecule is CCCC(C)N(C)c1nnc(SCC(=O)O)n1C. The third kappa shape index (κ3) is 3.63. The van der Waals surface area contributed by atoms with Gasteiger partial charge >= 0.3 is 5.97 Å². The molecule has 0 aliphatic rings. The van der Waals surface area contributed by atoms with Crippen LogP contribution >= 0.6 is 11.8 Å². The number of carbonyl (C=O) groups is 1. The van der Waals surface area contributed by atoms with Crippen molar-refractivity contribution >= 4 is 23.7 Å². The molecule has 0 radical (unpaired) electrons. The van der Waals surface area contributed by atoms with E-state index in [2.05, 4.69) is 28.9 Å². The summed E-state index contributed by atoms with van der Waals surface area (Å²) in [4.78, 5) is 12.6. The zero-order valence-corrected chi connectivity index (χ0v) is 12.1. The Hall–Kier alpha value is -1.24. The molecule has 1 aromatic heterocycles. The third-order valence-electron chi connectivity index (χ3n) is 2.82. The van der Waals surface area contributed by atoms with Crippen molar-refractivity contribution in [3.05, 3.63) is 0 Å². The van der Waals surface area contributed by atoms with Gasteiger partial charge in [0.1, 0.15) is 0 Å². The molecule has 7 heteroatoms. The summed E-state index contributed by atoms with van der Waals surface area (Å²) in [7, 11) is 3.84. The van der Waals surface area contributed by atoms with E-state index in [1.807, 2.05) is 18.7 Å². The van der Waals surface area contributed by atoms with Gasteiger partial charge in [0.2, 0.25) is 5.95 Å². The average molecular weight is 272 g/mol. The van der Waals surface area contributed by atoms with Gasteiger partial charge in [-0.05, 0) is 13.3 Å². The van der Waals surface area contributed by atoms with Gasteiger partial charge < -0.3 is 10.0 Å². The van der Waals surface area contributed by atoms with Gasteiger partial charge in [-0.15, -0.1) is 10.2 Å². The Morgan fingerprint density at radius 1 is 1.56 bits per heavy atom. The van der Waals surface area contributed by atoms with Gasteiger partial charge in [-0.3, -0.25) is 9.36 Å². The minimum absolute atomic E-state index is 0.000200. The van der Waals surface area contributed by atoms with Crippen molar-refractivity contribution in [2.24, 2.45) is 7.05 Å². The lowest BCUT2D eigenvalue weighted by Gasteiger charge is -2.24. The number of anilines is 1. The molecule has 0 saturated carbocycles. The van der Waals surface area contributed by atoms with Crippen molar-refractivity contribution in [2.45, 2.75) is 37.9 Å². The highest BCUT2D eigenvalue weighted by Crippen LogP contribution is 2.21. The fourth-order valence-corrected chi connectivity index (χ4v) is 2.30. The number of carboxylic acid groups (broad SMARTS) is 1. The van der Waals surface area contributed by atoms with Crippen LogP contribution in [0.5, 0.6) is 0 Å². The Morgan fingerprint density at radius 2 is 2.22 bits per heavy atom. The van der Waals surface area contributed by atoms with Crippen LogP contribution in [0, 0.1) is 0 Å². The van der Waals surface area contributed by atoms with Crippen LogP contribution in [-0.2, 0) is 11.8 Å². The minimum atomic E-state index is -0.850. The summed E-state index contributed by atoms with van der Waals surface area (Å²) in [5.41, 5.74) is 0. The van der Waals surface area contributed by atoms with Crippen molar-refractivity contribution < 1.29 is 9.90 Å². The molecule has 1 atom stereocenters. The van der Waals surface area contributed by atoms with Gasteiger partial charge in [0, 0.05) is 20.1 Å². The summed E-state index contributed by atoms with van der Waals surface area (Å²) in [6.07, 6.45) is 2.20. The van der Waals surface area contributed by atoms with Gasteiger partial charge in [0.15, 0.2) is 5.16 Å². The number of carboxylic acids is 1. The Bertz CT molecular complexity index is 408. The monoisotopic (exact) mass is 272 g/mol. The number of aliphatic carboxylic acids is 1. The van der Waals surface area contributed by atoms with Crippen LogP contribution in [0.4, 0.5) is 5.95 Å². The van der Waals surface area contributed by atoms with Crippen LogP contribution in [0.2, 0.25) is 0 Å². The summed E-state index contributed by atoms with van der Waals surface area (Å²) < 4.78 is 1.83. The van der Waals surface area contributed by atoms with Crippen molar-refractivity contribution in [3.63, 3.8) is 0 Å². The molecule has 6 nitrogen and oxygen atoms in total. The largest absolute Gasteiger partial charge is 0.481 e. The molecule has 0 bridgehead atoms. The van der Waals surface area contributed by atoms with Gasteiger partial charge in [0.25, 0.3) is 0 Å². The highest BCUT2D eigenvalue weighted by molar-refractivity contribution is 7.99. The van der Waals surface area contributed by atoms with Crippen LogP contribution in [0.1, 0.15) is 26.7 Å². The molecule has 0 spiro atoms. The van der Waals surface area contributed by atoms with Crippen molar-refractivity contribution in [3.8, 4) is 0 Å². The molecular formula is C11H20N4O2S. The topological polar surface area (TPSA) is 71.2 Å². The van der Waals surface area contributed by atoms with Crippen LogP contribution in [0.25, 0.3) is 0 Å². The zero-order chi connectivity index (χ0) is 13.7. The highest BCUT2D eigenvalue weighted by atomic mass is 32.2. The molecule has 0 amide bonds. The summed E-state index contributed by atoms with van der Waals surface area (Å²) >= 11 is 1.18. The maximum absolute atomic E-state index is 10.5. The van der Waals surface area contributed by atoms with Gasteiger partial charge in [-0.1, -0.05) is 25.1 Å². The standard InChI is InChI=1S/C11H20N4O2S/c1-5-6-8(2)14(3)10-12-13-11(15(10)4)18-7-9(16)17/h8H,5-7H2,1-4H3,(H,16,17). The van der Waals surface area contributed by atoms with E-state index < -0.39 is 5.97 Å². The molecule has 102 valence electrons. The summed E-state index contributed by atoms with van der Waals surface area (Å²) in [5.74, 6) is -0.0821. The Kier molecular flexibility index (Phi) is 5.46. The van der Waals surface area contributed by atoms with E-state index in [9.17, 15) is 4.79 Å². The third-order valence-corrected chi connectivity index (χ3v) is 3.82. The molecule has 18 heavy (non-hydrogen) atoms. The van der Waals surface area contributed by atoms with Crippen molar-refractivity contribution in [1.82, 2.24) is 14.8 Å². The van der Waals surface area contributed by atoms with E-state index in [0.717, 1.165) is 18.8 Å². The van der Waals surface area contributed by atoms with Crippen molar-refractivity contribution in [1.29, 1.82) is 0 Å². The van der Waals surface area contributed by atoms with Crippen LogP contribution < -0.4 is 4.90 Å². The summed E-state index contributed by atoms with van der Waals surface area (Å²) in [6.45, 7) is 4.29. The second-order valence-corrected chi connectivity index (χ2v) is 5.22. The Balaban J connectivity index is 2.75. The fraction of sp³-hybridized carbons (Fsp3) is 0.727.